The number of hydrogen-bond donors (Lipinski definition) is 0. The molecular weight excluding hydrogens is 339 g/mol. The maximum Gasteiger partial charge on any atom is 0.357 e. The Morgan fingerprint density at radius 2 is 1.85 bits per heavy atom. The predicted molar refractivity (Wildman–Crippen MR) is 91.1 cm³/mol. The second-order valence-corrected chi connectivity index (χ2v) is 5.32. The number of esters is 1. The predicted octanol–water partition coefficient (Wildman–Crippen LogP) is 3.06. The number of halogens is 1. The minimum Gasteiger partial charge on any atom is -0.496 e. The van der Waals surface area contributed by atoms with Crippen molar-refractivity contribution in [3.8, 4) is 11.4 Å². The van der Waals surface area contributed by atoms with Gasteiger partial charge in [-0.05, 0) is 36.4 Å². The van der Waals surface area contributed by atoms with E-state index in [1.54, 1.807) is 24.3 Å². The van der Waals surface area contributed by atoms with E-state index in [0.717, 1.165) is 0 Å². The topological polar surface area (TPSA) is 70.4 Å². The molecule has 0 fully saturated rings. The number of nitrogens with zero attached hydrogens (tertiary/aromatic N) is 2. The smallest absolute Gasteiger partial charge is 0.357 e. The summed E-state index contributed by atoms with van der Waals surface area (Å²) in [4.78, 5) is 28.5. The fourth-order valence-electron chi connectivity index (χ4n) is 2.41. The first kappa shape index (κ1) is 17.3. The molecule has 0 aliphatic carbocycles. The van der Waals surface area contributed by atoms with Gasteiger partial charge in [-0.2, -0.15) is 0 Å². The summed E-state index contributed by atoms with van der Waals surface area (Å²) >= 11 is 0. The van der Waals surface area contributed by atoms with Crippen molar-refractivity contribution < 1.29 is 23.5 Å². The van der Waals surface area contributed by atoms with Gasteiger partial charge in [-0.25, -0.2) is 14.2 Å². The number of imidazole rings is 1. The molecule has 6 nitrogen and oxygen atoms in total. The van der Waals surface area contributed by atoms with Gasteiger partial charge in [0.15, 0.2) is 12.3 Å². The van der Waals surface area contributed by atoms with Gasteiger partial charge in [0, 0.05) is 5.69 Å². The lowest BCUT2D eigenvalue weighted by molar-refractivity contribution is 0.0466. The zero-order valence-corrected chi connectivity index (χ0v) is 13.9. The summed E-state index contributed by atoms with van der Waals surface area (Å²) in [6.45, 7) is -0.437. The van der Waals surface area contributed by atoms with E-state index >= 15 is 0 Å². The number of aromatic nitrogens is 2. The van der Waals surface area contributed by atoms with Crippen molar-refractivity contribution in [2.24, 2.45) is 0 Å². The fourth-order valence-corrected chi connectivity index (χ4v) is 2.41. The Kier molecular flexibility index (Phi) is 5.07. The van der Waals surface area contributed by atoms with E-state index in [4.69, 9.17) is 9.47 Å². The van der Waals surface area contributed by atoms with Crippen molar-refractivity contribution in [3.05, 3.63) is 78.1 Å². The van der Waals surface area contributed by atoms with E-state index < -0.39 is 12.6 Å². The molecule has 132 valence electrons. The monoisotopic (exact) mass is 354 g/mol. The van der Waals surface area contributed by atoms with Gasteiger partial charge in [0.2, 0.25) is 5.78 Å². The number of benzene rings is 2. The molecule has 0 spiro atoms. The van der Waals surface area contributed by atoms with Crippen LogP contribution in [0, 0.1) is 5.82 Å². The van der Waals surface area contributed by atoms with Gasteiger partial charge < -0.3 is 9.47 Å². The van der Waals surface area contributed by atoms with Crippen molar-refractivity contribution in [1.82, 2.24) is 9.55 Å². The molecule has 0 radical (unpaired) electrons. The largest absolute Gasteiger partial charge is 0.496 e. The molecule has 0 aliphatic heterocycles. The highest BCUT2D eigenvalue weighted by Gasteiger charge is 2.18. The van der Waals surface area contributed by atoms with E-state index in [1.165, 1.54) is 48.5 Å². The number of para-hydroxylation sites is 1. The lowest BCUT2D eigenvalue weighted by Crippen LogP contribution is -2.17. The molecule has 1 heterocycles. The van der Waals surface area contributed by atoms with Crippen LogP contribution in [0.3, 0.4) is 0 Å². The van der Waals surface area contributed by atoms with Gasteiger partial charge in [0.25, 0.3) is 0 Å². The third-order valence-corrected chi connectivity index (χ3v) is 3.69. The van der Waals surface area contributed by atoms with Gasteiger partial charge in [0.05, 0.1) is 25.2 Å². The fraction of sp³-hybridized carbons (Fsp3) is 0.105. The summed E-state index contributed by atoms with van der Waals surface area (Å²) in [6, 6.07) is 12.2. The average molecular weight is 354 g/mol. The van der Waals surface area contributed by atoms with E-state index in [2.05, 4.69) is 4.98 Å². The van der Waals surface area contributed by atoms with Crippen LogP contribution < -0.4 is 4.74 Å². The van der Waals surface area contributed by atoms with Crippen molar-refractivity contribution in [3.63, 3.8) is 0 Å². The van der Waals surface area contributed by atoms with Crippen LogP contribution in [-0.4, -0.2) is 35.0 Å². The highest BCUT2D eigenvalue weighted by atomic mass is 19.1. The van der Waals surface area contributed by atoms with Crippen LogP contribution in [0.25, 0.3) is 5.69 Å². The average Bonchev–Trinajstić information content (AvgIpc) is 3.16. The molecule has 3 rings (SSSR count). The number of Topliss-reactive ketones (excluding diaryl/α,β-unsaturated/α-hetero) is 1. The second kappa shape index (κ2) is 7.60. The first-order valence-electron chi connectivity index (χ1n) is 7.72. The van der Waals surface area contributed by atoms with Gasteiger partial charge in [-0.3, -0.25) is 9.36 Å². The Morgan fingerprint density at radius 1 is 1.12 bits per heavy atom. The minimum atomic E-state index is -0.713. The van der Waals surface area contributed by atoms with Gasteiger partial charge in [-0.1, -0.05) is 12.1 Å². The molecule has 0 bridgehead atoms. The Hall–Kier alpha value is -3.48. The Balaban J connectivity index is 1.72. The molecule has 0 saturated heterocycles. The molecular formula is C19H15FN2O4. The third kappa shape index (κ3) is 3.61. The Morgan fingerprint density at radius 3 is 2.58 bits per heavy atom. The first-order chi connectivity index (χ1) is 12.6. The van der Waals surface area contributed by atoms with Gasteiger partial charge in [-0.15, -0.1) is 0 Å². The Labute approximate surface area is 148 Å². The van der Waals surface area contributed by atoms with Crippen LogP contribution in [0.2, 0.25) is 0 Å². The normalized spacial score (nSPS) is 10.4. The van der Waals surface area contributed by atoms with Crippen LogP contribution >= 0.6 is 0 Å². The number of carbonyl (C=O) groups is 2. The van der Waals surface area contributed by atoms with Crippen molar-refractivity contribution >= 4 is 11.8 Å². The number of carbonyl (C=O) groups excluding carboxylic acids is 2. The van der Waals surface area contributed by atoms with Crippen LogP contribution in [0.1, 0.15) is 20.8 Å². The second-order valence-electron chi connectivity index (χ2n) is 5.32. The van der Waals surface area contributed by atoms with Crippen LogP contribution in [0.5, 0.6) is 5.75 Å². The lowest BCUT2D eigenvalue weighted by Gasteiger charge is -2.09. The zero-order chi connectivity index (χ0) is 18.5. The number of ether oxygens (including phenoxy) is 2. The van der Waals surface area contributed by atoms with Crippen molar-refractivity contribution in [2.75, 3.05) is 13.7 Å². The van der Waals surface area contributed by atoms with Crippen LogP contribution in [0.15, 0.2) is 61.1 Å². The number of rotatable bonds is 6. The van der Waals surface area contributed by atoms with E-state index in [-0.39, 0.29) is 17.3 Å². The SMILES string of the molecule is COc1ccccc1C(=O)COC(=O)c1cncn1-c1ccc(F)cc1. The highest BCUT2D eigenvalue weighted by Crippen LogP contribution is 2.18. The first-order valence-corrected chi connectivity index (χ1v) is 7.72. The Bertz CT molecular complexity index is 935. The van der Waals surface area contributed by atoms with Gasteiger partial charge in [0.1, 0.15) is 11.6 Å². The number of methoxy groups -OCH3 is 1. The molecule has 0 saturated carbocycles. The third-order valence-electron chi connectivity index (χ3n) is 3.69. The molecule has 0 unspecified atom stereocenters. The molecule has 2 aromatic carbocycles. The maximum atomic E-state index is 13.1. The molecule has 0 amide bonds. The molecule has 3 aromatic rings. The van der Waals surface area contributed by atoms with Crippen LogP contribution in [0.4, 0.5) is 4.39 Å². The zero-order valence-electron chi connectivity index (χ0n) is 13.9. The summed E-state index contributed by atoms with van der Waals surface area (Å²) in [5, 5.41) is 0. The standard InChI is InChI=1S/C19H15FN2O4/c1-25-18-5-3-2-4-15(18)17(23)11-26-19(24)16-10-21-12-22(16)14-8-6-13(20)7-9-14/h2-10,12H,11H2,1H3. The van der Waals surface area contributed by atoms with Gasteiger partial charge >= 0.3 is 5.97 Å². The summed E-state index contributed by atoms with van der Waals surface area (Å²) in [6.07, 6.45) is 2.73. The summed E-state index contributed by atoms with van der Waals surface area (Å²) in [5.74, 6) is -1.08. The van der Waals surface area contributed by atoms with Crippen molar-refractivity contribution in [2.45, 2.75) is 0 Å². The number of ketones is 1. The molecule has 26 heavy (non-hydrogen) atoms. The summed E-state index contributed by atoms with van der Waals surface area (Å²) < 4.78 is 24.7. The number of hydrogen-bond acceptors (Lipinski definition) is 5. The quantitative estimate of drug-likeness (QED) is 0.503. The highest BCUT2D eigenvalue weighted by molar-refractivity contribution is 6.01. The van der Waals surface area contributed by atoms with Crippen molar-refractivity contribution in [1.29, 1.82) is 0 Å². The maximum absolute atomic E-state index is 13.1. The molecule has 0 N–H and O–H groups in total. The lowest BCUT2D eigenvalue weighted by atomic mass is 10.1. The van der Waals surface area contributed by atoms with E-state index in [1.807, 2.05) is 0 Å². The summed E-state index contributed by atoms with van der Waals surface area (Å²) in [5.41, 5.74) is 1.01. The van der Waals surface area contributed by atoms with Crippen LogP contribution in [-0.2, 0) is 4.74 Å². The molecule has 0 atom stereocenters. The minimum absolute atomic E-state index is 0.129. The summed E-state index contributed by atoms with van der Waals surface area (Å²) in [7, 11) is 1.46. The molecule has 0 aliphatic rings. The molecule has 1 aromatic heterocycles. The van der Waals surface area contributed by atoms with E-state index in [0.29, 0.717) is 17.0 Å². The molecule has 7 heteroatoms. The van der Waals surface area contributed by atoms with E-state index in [9.17, 15) is 14.0 Å².